The van der Waals surface area contributed by atoms with Crippen LogP contribution in [-0.2, 0) is 0 Å². The molecule has 0 radical (unpaired) electrons. The van der Waals surface area contributed by atoms with E-state index in [0.29, 0.717) is 11.5 Å². The lowest BCUT2D eigenvalue weighted by Gasteiger charge is -2.25. The number of rotatable bonds is 4. The molecule has 2 N–H and O–H groups in total. The second kappa shape index (κ2) is 7.75. The molecule has 1 aromatic heterocycles. The van der Waals surface area contributed by atoms with Gasteiger partial charge in [-0.1, -0.05) is 36.8 Å². The second-order valence-corrected chi connectivity index (χ2v) is 5.99. The van der Waals surface area contributed by atoms with Crippen LogP contribution in [0.2, 0.25) is 0 Å². The molecule has 5 heteroatoms. The highest BCUT2D eigenvalue weighted by molar-refractivity contribution is 7.14. The number of hydrogen-bond donors (Lipinski definition) is 2. The van der Waals surface area contributed by atoms with Crippen LogP contribution >= 0.6 is 11.3 Å². The zero-order valence-electron chi connectivity index (χ0n) is 12.4. The van der Waals surface area contributed by atoms with Crippen LogP contribution in [0.3, 0.4) is 0 Å². The molecule has 0 atom stereocenters. The van der Waals surface area contributed by atoms with E-state index in [1.165, 1.54) is 17.8 Å². The smallest absolute Gasteiger partial charge is 0.338 e. The number of carbonyl (C=O) groups excluding carboxylic acids is 1. The Bertz CT molecular complexity index is 633. The monoisotopic (exact) mass is 317 g/mol. The standard InChI is InChI=1S/C10H13NO2S.C7H6O/c1-11-9-8(10(12)13)7(5-14-9)6-3-2-4-6;8-6-7-4-2-1-3-5-7/h5-6,11H,2-4H2,1H3,(H,12,13);1-6H. The Morgan fingerprint density at radius 1 is 1.32 bits per heavy atom. The molecule has 0 spiro atoms. The lowest BCUT2D eigenvalue weighted by molar-refractivity contribution is 0.0696. The maximum atomic E-state index is 11.1. The molecule has 0 saturated heterocycles. The molecule has 0 aliphatic heterocycles. The maximum absolute atomic E-state index is 11.1. The van der Waals surface area contributed by atoms with Crippen LogP contribution in [0.25, 0.3) is 0 Å². The van der Waals surface area contributed by atoms with E-state index in [1.807, 2.05) is 23.6 Å². The summed E-state index contributed by atoms with van der Waals surface area (Å²) in [7, 11) is 1.77. The third-order valence-corrected chi connectivity index (χ3v) is 4.76. The molecule has 1 aliphatic rings. The first-order valence-corrected chi connectivity index (χ1v) is 8.08. The summed E-state index contributed by atoms with van der Waals surface area (Å²) in [4.78, 5) is 21.1. The van der Waals surface area contributed by atoms with Gasteiger partial charge in [-0.3, -0.25) is 4.79 Å². The molecule has 0 unspecified atom stereocenters. The molecule has 1 heterocycles. The molecular formula is C17H19NO3S. The third kappa shape index (κ3) is 3.74. The van der Waals surface area contributed by atoms with Crippen LogP contribution in [0, 0.1) is 0 Å². The number of carboxylic acid groups (broad SMARTS) is 1. The fourth-order valence-electron chi connectivity index (χ4n) is 2.33. The Labute approximate surface area is 133 Å². The molecule has 0 amide bonds. The molecule has 116 valence electrons. The summed E-state index contributed by atoms with van der Waals surface area (Å²) in [5, 5.41) is 14.8. The van der Waals surface area contributed by atoms with E-state index in [2.05, 4.69) is 5.32 Å². The van der Waals surface area contributed by atoms with Crippen molar-refractivity contribution in [3.05, 3.63) is 52.4 Å². The Balaban J connectivity index is 0.000000188. The van der Waals surface area contributed by atoms with E-state index >= 15 is 0 Å². The quantitative estimate of drug-likeness (QED) is 0.827. The van der Waals surface area contributed by atoms with E-state index < -0.39 is 5.97 Å². The Kier molecular flexibility index (Phi) is 5.72. The summed E-state index contributed by atoms with van der Waals surface area (Å²) < 4.78 is 0. The molecule has 3 rings (SSSR count). The van der Waals surface area contributed by atoms with E-state index in [1.54, 1.807) is 19.2 Å². The summed E-state index contributed by atoms with van der Waals surface area (Å²) in [6.07, 6.45) is 4.34. The molecule has 0 bridgehead atoms. The van der Waals surface area contributed by atoms with Crippen LogP contribution < -0.4 is 5.32 Å². The van der Waals surface area contributed by atoms with Crippen molar-refractivity contribution in [1.82, 2.24) is 0 Å². The zero-order chi connectivity index (χ0) is 15.9. The minimum atomic E-state index is -0.808. The lowest BCUT2D eigenvalue weighted by atomic mass is 9.79. The summed E-state index contributed by atoms with van der Waals surface area (Å²) in [5.41, 5.74) is 2.24. The number of anilines is 1. The number of aromatic carboxylic acids is 1. The summed E-state index contributed by atoms with van der Waals surface area (Å²) >= 11 is 1.49. The highest BCUT2D eigenvalue weighted by Gasteiger charge is 2.27. The minimum absolute atomic E-state index is 0.486. The van der Waals surface area contributed by atoms with Gasteiger partial charge in [-0.25, -0.2) is 4.79 Å². The Morgan fingerprint density at radius 2 is 2.00 bits per heavy atom. The van der Waals surface area contributed by atoms with E-state index in [4.69, 9.17) is 5.11 Å². The number of nitrogens with one attached hydrogen (secondary N) is 1. The molecule has 1 aromatic carbocycles. The van der Waals surface area contributed by atoms with Gasteiger partial charge in [-0.15, -0.1) is 11.3 Å². The van der Waals surface area contributed by atoms with Crippen LogP contribution in [0.4, 0.5) is 5.00 Å². The van der Waals surface area contributed by atoms with E-state index in [9.17, 15) is 9.59 Å². The summed E-state index contributed by atoms with van der Waals surface area (Å²) in [6.45, 7) is 0. The number of aldehydes is 1. The van der Waals surface area contributed by atoms with Gasteiger partial charge in [0.25, 0.3) is 0 Å². The Hall–Kier alpha value is -2.14. The minimum Gasteiger partial charge on any atom is -0.478 e. The van der Waals surface area contributed by atoms with Crippen molar-refractivity contribution in [2.45, 2.75) is 25.2 Å². The molecule has 2 aromatic rings. The Morgan fingerprint density at radius 3 is 2.41 bits per heavy atom. The lowest BCUT2D eigenvalue weighted by Crippen LogP contribution is -2.12. The van der Waals surface area contributed by atoms with Crippen molar-refractivity contribution in [1.29, 1.82) is 0 Å². The van der Waals surface area contributed by atoms with Crippen molar-refractivity contribution < 1.29 is 14.7 Å². The number of carboxylic acids is 1. The number of carbonyl (C=O) groups is 2. The molecule has 22 heavy (non-hydrogen) atoms. The van der Waals surface area contributed by atoms with Crippen molar-refractivity contribution >= 4 is 28.6 Å². The van der Waals surface area contributed by atoms with Gasteiger partial charge in [-0.2, -0.15) is 0 Å². The normalized spacial score (nSPS) is 13.5. The highest BCUT2D eigenvalue weighted by atomic mass is 32.1. The van der Waals surface area contributed by atoms with Gasteiger partial charge < -0.3 is 10.4 Å². The fourth-order valence-corrected chi connectivity index (χ4v) is 3.32. The van der Waals surface area contributed by atoms with Gasteiger partial charge in [0.1, 0.15) is 11.3 Å². The largest absolute Gasteiger partial charge is 0.478 e. The average Bonchev–Trinajstić information content (AvgIpc) is 2.91. The van der Waals surface area contributed by atoms with Crippen LogP contribution in [0.15, 0.2) is 35.7 Å². The van der Waals surface area contributed by atoms with Gasteiger partial charge in [0.15, 0.2) is 0 Å². The van der Waals surface area contributed by atoms with Gasteiger partial charge >= 0.3 is 5.97 Å². The zero-order valence-corrected chi connectivity index (χ0v) is 13.2. The first-order chi connectivity index (χ1) is 10.7. The predicted octanol–water partition coefficient (Wildman–Crippen LogP) is 4.25. The van der Waals surface area contributed by atoms with Gasteiger partial charge in [0.05, 0.1) is 5.56 Å². The first kappa shape index (κ1) is 16.2. The maximum Gasteiger partial charge on any atom is 0.338 e. The number of benzene rings is 1. The van der Waals surface area contributed by atoms with Gasteiger partial charge in [0.2, 0.25) is 0 Å². The second-order valence-electron chi connectivity index (χ2n) is 5.11. The molecule has 1 fully saturated rings. The third-order valence-electron chi connectivity index (χ3n) is 3.74. The average molecular weight is 317 g/mol. The SMILES string of the molecule is CNc1scc(C2CCC2)c1C(=O)O.O=Cc1ccccc1. The van der Waals surface area contributed by atoms with Crippen molar-refractivity contribution in [3.8, 4) is 0 Å². The molecule has 1 aliphatic carbocycles. The van der Waals surface area contributed by atoms with E-state index in [-0.39, 0.29) is 0 Å². The van der Waals surface area contributed by atoms with Crippen molar-refractivity contribution in [2.75, 3.05) is 12.4 Å². The van der Waals surface area contributed by atoms with Gasteiger partial charge in [0, 0.05) is 12.6 Å². The molecule has 1 saturated carbocycles. The van der Waals surface area contributed by atoms with Crippen LogP contribution in [0.5, 0.6) is 0 Å². The van der Waals surface area contributed by atoms with Crippen molar-refractivity contribution in [3.63, 3.8) is 0 Å². The predicted molar refractivity (Wildman–Crippen MR) is 89.2 cm³/mol. The topological polar surface area (TPSA) is 66.4 Å². The van der Waals surface area contributed by atoms with Crippen molar-refractivity contribution in [2.24, 2.45) is 0 Å². The van der Waals surface area contributed by atoms with E-state index in [0.717, 1.165) is 35.3 Å². The van der Waals surface area contributed by atoms with Crippen LogP contribution in [-0.4, -0.2) is 24.4 Å². The first-order valence-electron chi connectivity index (χ1n) is 7.20. The molecular weight excluding hydrogens is 298 g/mol. The summed E-state index contributed by atoms with van der Waals surface area (Å²) in [6, 6.07) is 9.10. The number of thiophene rings is 1. The van der Waals surface area contributed by atoms with Gasteiger partial charge in [-0.05, 0) is 29.7 Å². The molecule has 4 nitrogen and oxygen atoms in total. The summed E-state index contributed by atoms with van der Waals surface area (Å²) in [5.74, 6) is -0.322. The highest BCUT2D eigenvalue weighted by Crippen LogP contribution is 2.42. The fraction of sp³-hybridized carbons (Fsp3) is 0.294. The van der Waals surface area contributed by atoms with Crippen LogP contribution in [0.1, 0.15) is 51.5 Å². The number of hydrogen-bond acceptors (Lipinski definition) is 4.